The summed E-state index contributed by atoms with van der Waals surface area (Å²) >= 11 is 0. The number of hydrogen-bond donors (Lipinski definition) is 1. The molecule has 0 heterocycles. The van der Waals surface area contributed by atoms with E-state index < -0.39 is 0 Å². The van der Waals surface area contributed by atoms with Crippen molar-refractivity contribution in [2.24, 2.45) is 0 Å². The van der Waals surface area contributed by atoms with Gasteiger partial charge in [-0.3, -0.25) is 0 Å². The Labute approximate surface area is 67.2 Å². The molecular weight excluding hydrogens is 138 g/mol. The summed E-state index contributed by atoms with van der Waals surface area (Å²) in [4.78, 5) is 1.75. The maximum Gasteiger partial charge on any atom is 0.00886 e. The van der Waals surface area contributed by atoms with Crippen LogP contribution in [0.3, 0.4) is 0 Å². The molecule has 0 spiro atoms. The standard InChI is InChI=1S/C8H12.HN3/c1-2-4-6-8-7-5-3-1;1-3-2/h1-6H2;1H. The van der Waals surface area contributed by atoms with Crippen molar-refractivity contribution in [2.75, 3.05) is 0 Å². The summed E-state index contributed by atoms with van der Waals surface area (Å²) in [5, 5.41) is 0. The zero-order chi connectivity index (χ0) is 8.36. The van der Waals surface area contributed by atoms with Gasteiger partial charge in [-0.25, -0.2) is 0 Å². The minimum absolute atomic E-state index is 1.14. The summed E-state index contributed by atoms with van der Waals surface area (Å²) in [6.07, 6.45) is 7.73. The maximum atomic E-state index is 6.86. The molecule has 11 heavy (non-hydrogen) atoms. The van der Waals surface area contributed by atoms with E-state index in [9.17, 15) is 0 Å². The Morgan fingerprint density at radius 1 is 1.00 bits per heavy atom. The van der Waals surface area contributed by atoms with Crippen LogP contribution in [0.1, 0.15) is 38.5 Å². The summed E-state index contributed by atoms with van der Waals surface area (Å²) in [5.41, 5.74) is 12.2. The van der Waals surface area contributed by atoms with Gasteiger partial charge in [-0.15, -0.1) is 17.4 Å². The highest BCUT2D eigenvalue weighted by molar-refractivity contribution is 4.99. The molecule has 0 aromatic carbocycles. The van der Waals surface area contributed by atoms with E-state index in [0.717, 1.165) is 12.8 Å². The molecule has 0 fully saturated rings. The van der Waals surface area contributed by atoms with Crippen molar-refractivity contribution in [1.82, 2.24) is 0 Å². The zero-order valence-corrected chi connectivity index (χ0v) is 6.64. The number of hydrogen-bond acceptors (Lipinski definition) is 1. The molecule has 0 saturated heterocycles. The van der Waals surface area contributed by atoms with Crippen molar-refractivity contribution < 1.29 is 0 Å². The lowest BCUT2D eigenvalue weighted by Crippen LogP contribution is -1.80. The molecule has 0 bridgehead atoms. The van der Waals surface area contributed by atoms with Crippen LogP contribution in [0.15, 0.2) is 0 Å². The fourth-order valence-electron chi connectivity index (χ4n) is 0.957. The van der Waals surface area contributed by atoms with Crippen LogP contribution < -0.4 is 0 Å². The Bertz CT molecular complexity index is 158. The van der Waals surface area contributed by atoms with Crippen molar-refractivity contribution >= 4 is 0 Å². The molecule has 60 valence electrons. The molecule has 0 aromatic rings. The van der Waals surface area contributed by atoms with E-state index in [-0.39, 0.29) is 0 Å². The Balaban J connectivity index is 0.000000292. The lowest BCUT2D eigenvalue weighted by molar-refractivity contribution is 0.652. The fraction of sp³-hybridized carbons (Fsp3) is 0.750. The first-order valence-corrected chi connectivity index (χ1v) is 3.88. The molecule has 1 aliphatic carbocycles. The molecule has 0 aromatic heterocycles. The third-order valence-electron chi connectivity index (χ3n) is 1.48. The molecule has 0 atom stereocenters. The van der Waals surface area contributed by atoms with Crippen LogP contribution in [0, 0.1) is 17.4 Å². The Hall–Kier alpha value is -1.13. The van der Waals surface area contributed by atoms with E-state index in [1.165, 1.54) is 25.7 Å². The molecular formula is C8H13N3. The molecule has 0 unspecified atom stereocenters. The van der Waals surface area contributed by atoms with Gasteiger partial charge in [0.25, 0.3) is 0 Å². The molecule has 0 radical (unpaired) electrons. The predicted molar refractivity (Wildman–Crippen MR) is 44.9 cm³/mol. The first-order valence-electron chi connectivity index (χ1n) is 3.88. The van der Waals surface area contributed by atoms with Crippen molar-refractivity contribution in [1.29, 1.82) is 5.53 Å². The lowest BCUT2D eigenvalue weighted by Gasteiger charge is -1.97. The van der Waals surface area contributed by atoms with Crippen LogP contribution in [0.4, 0.5) is 0 Å². The summed E-state index contributed by atoms with van der Waals surface area (Å²) in [6, 6.07) is 0. The minimum atomic E-state index is 1.14. The highest BCUT2D eigenvalue weighted by Crippen LogP contribution is 2.06. The quantitative estimate of drug-likeness (QED) is 0.239. The molecule has 1 aliphatic rings. The van der Waals surface area contributed by atoms with Gasteiger partial charge in [-0.2, -0.15) is 0 Å². The van der Waals surface area contributed by atoms with Gasteiger partial charge in [0.15, 0.2) is 0 Å². The van der Waals surface area contributed by atoms with Crippen LogP contribution in [-0.4, -0.2) is 0 Å². The van der Waals surface area contributed by atoms with Gasteiger partial charge in [-0.1, -0.05) is 12.8 Å². The second-order valence-corrected chi connectivity index (χ2v) is 2.37. The molecule has 0 aliphatic heterocycles. The summed E-state index contributed by atoms with van der Waals surface area (Å²) in [6.45, 7) is 0. The van der Waals surface area contributed by atoms with Crippen molar-refractivity contribution in [3.05, 3.63) is 10.4 Å². The summed E-state index contributed by atoms with van der Waals surface area (Å²) in [5.74, 6) is 6.27. The van der Waals surface area contributed by atoms with Crippen LogP contribution in [0.25, 0.3) is 10.4 Å². The summed E-state index contributed by atoms with van der Waals surface area (Å²) < 4.78 is 0. The Morgan fingerprint density at radius 3 is 1.73 bits per heavy atom. The smallest absolute Gasteiger partial charge is 0.00886 e. The van der Waals surface area contributed by atoms with Gasteiger partial charge in [-0.05, 0) is 23.3 Å². The maximum absolute atomic E-state index is 6.86. The van der Waals surface area contributed by atoms with E-state index in [0.29, 0.717) is 0 Å². The molecule has 3 nitrogen and oxygen atoms in total. The van der Waals surface area contributed by atoms with Crippen molar-refractivity contribution in [3.8, 4) is 11.8 Å². The number of nitrogens with zero attached hydrogens (tertiary/aromatic N) is 2. The molecule has 1 N–H and O–H groups in total. The van der Waals surface area contributed by atoms with Crippen molar-refractivity contribution in [2.45, 2.75) is 38.5 Å². The highest BCUT2D eigenvalue weighted by atomic mass is 15.0. The van der Waals surface area contributed by atoms with E-state index in [4.69, 9.17) is 11.1 Å². The van der Waals surface area contributed by atoms with Crippen LogP contribution in [-0.2, 0) is 0 Å². The predicted octanol–water partition coefficient (Wildman–Crippen LogP) is 3.22. The van der Waals surface area contributed by atoms with Crippen LogP contribution in [0.2, 0.25) is 0 Å². The van der Waals surface area contributed by atoms with E-state index in [2.05, 4.69) is 11.8 Å². The molecule has 0 saturated carbocycles. The van der Waals surface area contributed by atoms with Gasteiger partial charge in [0.1, 0.15) is 0 Å². The monoisotopic (exact) mass is 151 g/mol. The topological polar surface area (TPSA) is 60.3 Å². The normalized spacial score (nSPS) is 15.3. The third-order valence-corrected chi connectivity index (χ3v) is 1.48. The molecule has 3 heteroatoms. The lowest BCUT2D eigenvalue weighted by atomic mass is 10.1. The average Bonchev–Trinajstić information content (AvgIpc) is 1.86. The largest absolute Gasteiger partial charge is 0.108 e. The van der Waals surface area contributed by atoms with Gasteiger partial charge in [0.05, 0.1) is 0 Å². The van der Waals surface area contributed by atoms with E-state index in [1.807, 2.05) is 0 Å². The van der Waals surface area contributed by atoms with Crippen LogP contribution in [0.5, 0.6) is 0 Å². The van der Waals surface area contributed by atoms with Crippen LogP contribution >= 0.6 is 0 Å². The summed E-state index contributed by atoms with van der Waals surface area (Å²) in [7, 11) is 0. The van der Waals surface area contributed by atoms with Gasteiger partial charge in [0.2, 0.25) is 0 Å². The Kier molecular flexibility index (Phi) is 7.96. The number of rotatable bonds is 0. The Morgan fingerprint density at radius 2 is 1.36 bits per heavy atom. The van der Waals surface area contributed by atoms with Gasteiger partial charge in [0, 0.05) is 12.8 Å². The molecule has 1 rings (SSSR count). The first-order chi connectivity index (χ1) is 5.41. The third kappa shape index (κ3) is 8.87. The number of nitrogens with one attached hydrogen (secondary N) is 1. The SMILES string of the molecule is C1#CCCCCCC1.[N-]=[N+]=N. The second kappa shape index (κ2) is 8.87. The van der Waals surface area contributed by atoms with E-state index in [1.54, 1.807) is 4.91 Å². The average molecular weight is 151 g/mol. The van der Waals surface area contributed by atoms with Gasteiger partial charge >= 0.3 is 0 Å². The van der Waals surface area contributed by atoms with Gasteiger partial charge < -0.3 is 0 Å². The fourth-order valence-corrected chi connectivity index (χ4v) is 0.957. The first kappa shape index (κ1) is 9.87. The second-order valence-electron chi connectivity index (χ2n) is 2.37. The minimum Gasteiger partial charge on any atom is -0.108 e. The van der Waals surface area contributed by atoms with E-state index >= 15 is 0 Å². The van der Waals surface area contributed by atoms with Crippen molar-refractivity contribution in [3.63, 3.8) is 0 Å². The highest BCUT2D eigenvalue weighted by Gasteiger charge is 1.89. The zero-order valence-electron chi connectivity index (χ0n) is 6.64. The molecule has 0 amide bonds.